The molecule has 0 atom stereocenters. The minimum absolute atomic E-state index is 0.0738. The zero-order chi connectivity index (χ0) is 12.7. The second kappa shape index (κ2) is 7.11. The first-order chi connectivity index (χ1) is 7.47. The fourth-order valence-corrected chi connectivity index (χ4v) is 1.02. The van der Waals surface area contributed by atoms with E-state index in [1.807, 2.05) is 0 Å². The van der Waals surface area contributed by atoms with Crippen molar-refractivity contribution in [3.8, 4) is 0 Å². The molecule has 2 N–H and O–H groups in total. The molecule has 0 saturated heterocycles. The Morgan fingerprint density at radius 1 is 1.38 bits per heavy atom. The monoisotopic (exact) mass is 249 g/mol. The van der Waals surface area contributed by atoms with E-state index >= 15 is 0 Å². The second-order valence-corrected chi connectivity index (χ2v) is 3.49. The van der Waals surface area contributed by atoms with Gasteiger partial charge >= 0.3 is 0 Å². The van der Waals surface area contributed by atoms with Crippen LogP contribution in [0.25, 0.3) is 0 Å². The van der Waals surface area contributed by atoms with Crippen LogP contribution in [-0.4, -0.2) is 27.2 Å². The second-order valence-electron chi connectivity index (χ2n) is 3.11. The molecule has 0 aliphatic rings. The molecular formula is C10H17ClFN3O. The first-order valence-electron chi connectivity index (χ1n) is 4.66. The van der Waals surface area contributed by atoms with Crippen molar-refractivity contribution in [1.82, 2.24) is 10.6 Å². The molecule has 0 spiro atoms. The van der Waals surface area contributed by atoms with Gasteiger partial charge in [0, 0.05) is 14.1 Å². The van der Waals surface area contributed by atoms with Gasteiger partial charge in [-0.1, -0.05) is 11.6 Å². The Labute approximate surface area is 100 Å². The van der Waals surface area contributed by atoms with Crippen LogP contribution >= 0.6 is 11.6 Å². The van der Waals surface area contributed by atoms with Crippen LogP contribution in [0.1, 0.15) is 13.8 Å². The van der Waals surface area contributed by atoms with Gasteiger partial charge in [0.25, 0.3) is 6.02 Å². The summed E-state index contributed by atoms with van der Waals surface area (Å²) < 4.78 is 18.7. The van der Waals surface area contributed by atoms with E-state index in [-0.39, 0.29) is 16.9 Å². The lowest BCUT2D eigenvalue weighted by Gasteiger charge is -2.13. The highest BCUT2D eigenvalue weighted by atomic mass is 35.5. The molecule has 92 valence electrons. The largest absolute Gasteiger partial charge is 0.468 e. The average molecular weight is 250 g/mol. The molecule has 0 fully saturated rings. The predicted octanol–water partition coefficient (Wildman–Crippen LogP) is 2.10. The van der Waals surface area contributed by atoms with Crippen molar-refractivity contribution in [1.29, 1.82) is 0 Å². The van der Waals surface area contributed by atoms with Crippen LogP contribution in [0.3, 0.4) is 0 Å². The highest BCUT2D eigenvalue weighted by Gasteiger charge is 2.13. The molecule has 0 aromatic rings. The Balaban J connectivity index is 5.16. The number of nitrogens with one attached hydrogen (secondary N) is 2. The molecule has 0 aromatic carbocycles. The number of rotatable bonds is 3. The molecule has 0 aromatic heterocycles. The maximum absolute atomic E-state index is 13.8. The normalized spacial score (nSPS) is 12.8. The van der Waals surface area contributed by atoms with E-state index < -0.39 is 5.83 Å². The fraction of sp³-hybridized carbons (Fsp3) is 0.500. The van der Waals surface area contributed by atoms with Crippen molar-refractivity contribution in [2.24, 2.45) is 4.99 Å². The summed E-state index contributed by atoms with van der Waals surface area (Å²) in [7, 11) is 4.52. The number of hydrogen-bond donors (Lipinski definition) is 2. The van der Waals surface area contributed by atoms with Gasteiger partial charge in [-0.3, -0.25) is 0 Å². The van der Waals surface area contributed by atoms with E-state index in [9.17, 15) is 4.39 Å². The topological polar surface area (TPSA) is 45.7 Å². The van der Waals surface area contributed by atoms with E-state index in [0.29, 0.717) is 0 Å². The summed E-state index contributed by atoms with van der Waals surface area (Å²) in [6.07, 6.45) is 0. The van der Waals surface area contributed by atoms with E-state index in [1.54, 1.807) is 13.8 Å². The molecule has 16 heavy (non-hydrogen) atoms. The Kier molecular flexibility index (Phi) is 6.56. The quantitative estimate of drug-likeness (QED) is 0.349. The highest BCUT2D eigenvalue weighted by Crippen LogP contribution is 2.18. The van der Waals surface area contributed by atoms with E-state index in [4.69, 9.17) is 16.3 Å². The van der Waals surface area contributed by atoms with E-state index in [1.165, 1.54) is 21.2 Å². The average Bonchev–Trinajstić information content (AvgIpc) is 2.28. The zero-order valence-corrected chi connectivity index (χ0v) is 10.9. The molecule has 0 saturated carbocycles. The molecule has 4 nitrogen and oxygen atoms in total. The van der Waals surface area contributed by atoms with Gasteiger partial charge in [-0.25, -0.2) is 9.38 Å². The third kappa shape index (κ3) is 4.10. The van der Waals surface area contributed by atoms with Gasteiger partial charge in [0.05, 0.1) is 12.8 Å². The van der Waals surface area contributed by atoms with Gasteiger partial charge in [-0.05, 0) is 19.4 Å². The Bertz CT molecular complexity index is 333. The summed E-state index contributed by atoms with van der Waals surface area (Å²) in [5.41, 5.74) is 0.964. The van der Waals surface area contributed by atoms with E-state index in [2.05, 4.69) is 15.6 Å². The molecular weight excluding hydrogens is 233 g/mol. The third-order valence-electron chi connectivity index (χ3n) is 1.76. The fourth-order valence-electron chi connectivity index (χ4n) is 0.924. The number of allylic oxidation sites excluding steroid dienone is 2. The van der Waals surface area contributed by atoms with Crippen molar-refractivity contribution in [2.75, 3.05) is 21.2 Å². The van der Waals surface area contributed by atoms with Gasteiger partial charge in [0.15, 0.2) is 5.83 Å². The van der Waals surface area contributed by atoms with Crippen LogP contribution in [0.15, 0.2) is 27.2 Å². The van der Waals surface area contributed by atoms with Crippen molar-refractivity contribution in [3.05, 3.63) is 22.3 Å². The van der Waals surface area contributed by atoms with Crippen LogP contribution in [0.4, 0.5) is 4.39 Å². The molecule has 0 bridgehead atoms. The van der Waals surface area contributed by atoms with Gasteiger partial charge in [-0.2, -0.15) is 0 Å². The maximum Gasteiger partial charge on any atom is 0.288 e. The van der Waals surface area contributed by atoms with Gasteiger partial charge < -0.3 is 15.4 Å². The summed E-state index contributed by atoms with van der Waals surface area (Å²) in [6, 6.07) is 0.215. The number of methoxy groups -OCH3 is 1. The molecule has 0 amide bonds. The lowest BCUT2D eigenvalue weighted by molar-refractivity contribution is 0.383. The van der Waals surface area contributed by atoms with Crippen molar-refractivity contribution in [3.63, 3.8) is 0 Å². The molecule has 0 heterocycles. The van der Waals surface area contributed by atoms with Crippen LogP contribution in [0, 0.1) is 0 Å². The standard InChI is InChI=1S/C10H17ClFN3O/c1-6(2)8(7(12)9(11)13-3)15-10(14-4)16-5/h13H,1-5H3,(H,14,15)/b9-7+. The Morgan fingerprint density at radius 3 is 2.25 bits per heavy atom. The lowest BCUT2D eigenvalue weighted by atomic mass is 10.2. The minimum Gasteiger partial charge on any atom is -0.468 e. The van der Waals surface area contributed by atoms with Crippen LogP contribution in [-0.2, 0) is 4.74 Å². The number of amidine groups is 1. The first-order valence-corrected chi connectivity index (χ1v) is 5.04. The molecule has 0 aliphatic carbocycles. The van der Waals surface area contributed by atoms with Crippen LogP contribution in [0.2, 0.25) is 0 Å². The van der Waals surface area contributed by atoms with E-state index in [0.717, 1.165) is 5.57 Å². The van der Waals surface area contributed by atoms with Gasteiger partial charge in [-0.15, -0.1) is 0 Å². The van der Waals surface area contributed by atoms with Crippen molar-refractivity contribution in [2.45, 2.75) is 13.8 Å². The number of ether oxygens (including phenoxy) is 1. The molecule has 6 heteroatoms. The minimum atomic E-state index is -0.581. The first kappa shape index (κ1) is 14.8. The maximum atomic E-state index is 13.8. The SMILES string of the molecule is CN=C(NC(=C(C)C)/C(F)=C(/Cl)NC)OC. The van der Waals surface area contributed by atoms with Crippen molar-refractivity contribution >= 4 is 17.6 Å². The molecule has 0 aliphatic heterocycles. The van der Waals surface area contributed by atoms with Gasteiger partial charge in [0.1, 0.15) is 5.16 Å². The number of halogens is 2. The number of hydrogen-bond acceptors (Lipinski definition) is 3. The Hall–Kier alpha value is -1.23. The lowest BCUT2D eigenvalue weighted by Crippen LogP contribution is -2.26. The number of aliphatic imine (C=N–C) groups is 1. The number of nitrogens with zero attached hydrogens (tertiary/aromatic N) is 1. The Morgan fingerprint density at radius 2 is 1.94 bits per heavy atom. The van der Waals surface area contributed by atoms with Crippen LogP contribution < -0.4 is 10.6 Å². The summed E-state index contributed by atoms with van der Waals surface area (Å²) >= 11 is 5.66. The summed E-state index contributed by atoms with van der Waals surface area (Å²) in [5.74, 6) is -0.581. The highest BCUT2D eigenvalue weighted by molar-refractivity contribution is 6.29. The molecule has 0 rings (SSSR count). The van der Waals surface area contributed by atoms with Crippen LogP contribution in [0.5, 0.6) is 0 Å². The van der Waals surface area contributed by atoms with Gasteiger partial charge in [0.2, 0.25) is 0 Å². The summed E-state index contributed by atoms with van der Waals surface area (Å²) in [6.45, 7) is 3.51. The summed E-state index contributed by atoms with van der Waals surface area (Å²) in [4.78, 5) is 3.79. The molecule has 0 radical (unpaired) electrons. The van der Waals surface area contributed by atoms with Crippen molar-refractivity contribution < 1.29 is 9.13 Å². The molecule has 0 unspecified atom stereocenters. The predicted molar refractivity (Wildman–Crippen MR) is 64.9 cm³/mol. The smallest absolute Gasteiger partial charge is 0.288 e. The third-order valence-corrected chi connectivity index (χ3v) is 2.11. The summed E-state index contributed by atoms with van der Waals surface area (Å²) in [5, 5.41) is 5.17. The zero-order valence-electron chi connectivity index (χ0n) is 10.1.